The van der Waals surface area contributed by atoms with E-state index >= 15 is 0 Å². The van der Waals surface area contributed by atoms with Gasteiger partial charge in [-0.2, -0.15) is 0 Å². The number of hydrogen-bond acceptors (Lipinski definition) is 2. The van der Waals surface area contributed by atoms with Crippen LogP contribution in [-0.2, 0) is 0 Å². The van der Waals surface area contributed by atoms with Crippen LogP contribution in [0.5, 0.6) is 0 Å². The lowest BCUT2D eigenvalue weighted by molar-refractivity contribution is 0.0683. The minimum Gasteiger partial charge on any atom is -0.293 e. The van der Waals surface area contributed by atoms with E-state index in [1.807, 2.05) is 50.2 Å². The number of Topliss-reactive ketones (excluding diaryl/α,β-unsaturated/α-hetero) is 2. The number of benzene rings is 2. The molecular formula is C17H16O2. The van der Waals surface area contributed by atoms with Gasteiger partial charge < -0.3 is 0 Å². The number of rotatable bonds is 2. The van der Waals surface area contributed by atoms with Crippen molar-refractivity contribution in [2.75, 3.05) is 0 Å². The fraction of sp³-hybridized carbons (Fsp3) is 0.294. The molecule has 0 unspecified atom stereocenters. The van der Waals surface area contributed by atoms with Crippen molar-refractivity contribution in [3.63, 3.8) is 0 Å². The molecule has 0 radical (unpaired) electrons. The third kappa shape index (κ3) is 1.43. The van der Waals surface area contributed by atoms with Crippen molar-refractivity contribution in [3.8, 4) is 0 Å². The second-order valence-corrected chi connectivity index (χ2v) is 5.19. The Labute approximate surface area is 112 Å². The second-order valence-electron chi connectivity index (χ2n) is 5.19. The largest absolute Gasteiger partial charge is 0.293 e. The highest BCUT2D eigenvalue weighted by molar-refractivity contribution is 6.30. The van der Waals surface area contributed by atoms with Gasteiger partial charge in [-0.3, -0.25) is 9.59 Å². The van der Waals surface area contributed by atoms with Crippen molar-refractivity contribution < 1.29 is 9.59 Å². The molecule has 0 aromatic heterocycles. The van der Waals surface area contributed by atoms with Gasteiger partial charge >= 0.3 is 0 Å². The molecular weight excluding hydrogens is 236 g/mol. The smallest absolute Gasteiger partial charge is 0.177 e. The Morgan fingerprint density at radius 3 is 1.63 bits per heavy atom. The third-order valence-electron chi connectivity index (χ3n) is 4.45. The van der Waals surface area contributed by atoms with Gasteiger partial charge in [0.05, 0.1) is 5.41 Å². The van der Waals surface area contributed by atoms with E-state index < -0.39 is 5.41 Å². The number of hydrogen-bond donors (Lipinski definition) is 0. The highest BCUT2D eigenvalue weighted by Crippen LogP contribution is 2.43. The van der Waals surface area contributed by atoms with E-state index in [9.17, 15) is 9.59 Å². The Bertz CT molecular complexity index is 637. The molecule has 3 rings (SSSR count). The molecule has 0 fully saturated rings. The zero-order valence-electron chi connectivity index (χ0n) is 11.2. The molecule has 2 aromatic carbocycles. The minimum atomic E-state index is -0.820. The van der Waals surface area contributed by atoms with Crippen LogP contribution in [0.2, 0.25) is 0 Å². The molecule has 0 heterocycles. The summed E-state index contributed by atoms with van der Waals surface area (Å²) >= 11 is 0. The molecule has 0 amide bonds. The topological polar surface area (TPSA) is 34.1 Å². The molecule has 0 bridgehead atoms. The van der Waals surface area contributed by atoms with Crippen LogP contribution in [0.15, 0.2) is 36.4 Å². The summed E-state index contributed by atoms with van der Waals surface area (Å²) in [6, 6.07) is 11.6. The van der Waals surface area contributed by atoms with Gasteiger partial charge in [-0.25, -0.2) is 0 Å². The summed E-state index contributed by atoms with van der Waals surface area (Å²) < 4.78 is 0. The first-order valence-electron chi connectivity index (χ1n) is 6.76. The lowest BCUT2D eigenvalue weighted by atomic mass is 9.78. The van der Waals surface area contributed by atoms with Gasteiger partial charge in [0.25, 0.3) is 0 Å². The summed E-state index contributed by atoms with van der Waals surface area (Å²) in [6.45, 7) is 3.84. The lowest BCUT2D eigenvalue weighted by Crippen LogP contribution is -2.31. The van der Waals surface area contributed by atoms with Crippen LogP contribution in [-0.4, -0.2) is 11.6 Å². The van der Waals surface area contributed by atoms with Crippen LogP contribution in [0.1, 0.15) is 47.4 Å². The highest BCUT2D eigenvalue weighted by Gasteiger charge is 2.50. The van der Waals surface area contributed by atoms with Crippen molar-refractivity contribution in [3.05, 3.63) is 47.5 Å². The molecule has 0 N–H and O–H groups in total. The van der Waals surface area contributed by atoms with Crippen molar-refractivity contribution in [2.24, 2.45) is 5.41 Å². The van der Waals surface area contributed by atoms with Gasteiger partial charge in [-0.05, 0) is 35.7 Å². The van der Waals surface area contributed by atoms with Crippen LogP contribution < -0.4 is 0 Å². The average Bonchev–Trinajstić information content (AvgIpc) is 2.66. The summed E-state index contributed by atoms with van der Waals surface area (Å²) in [6.07, 6.45) is 1.15. The van der Waals surface area contributed by atoms with E-state index in [0.29, 0.717) is 24.0 Å². The lowest BCUT2D eigenvalue weighted by Gasteiger charge is -2.21. The van der Waals surface area contributed by atoms with E-state index in [1.165, 1.54) is 0 Å². The maximum Gasteiger partial charge on any atom is 0.177 e. The zero-order valence-corrected chi connectivity index (χ0v) is 11.2. The Morgan fingerprint density at radius 2 is 1.26 bits per heavy atom. The zero-order chi connectivity index (χ0) is 13.6. The quantitative estimate of drug-likeness (QED) is 0.756. The molecule has 0 saturated carbocycles. The SMILES string of the molecule is CCC1(CC)C(=O)c2cc3ccccc3cc2C1=O. The Hall–Kier alpha value is -1.96. The minimum absolute atomic E-state index is 0.00301. The molecule has 2 aromatic rings. The average molecular weight is 252 g/mol. The summed E-state index contributed by atoms with van der Waals surface area (Å²) in [7, 11) is 0. The summed E-state index contributed by atoms with van der Waals surface area (Å²) in [5, 5.41) is 2.04. The van der Waals surface area contributed by atoms with E-state index in [2.05, 4.69) is 0 Å². The molecule has 2 nitrogen and oxygen atoms in total. The first-order chi connectivity index (χ1) is 9.14. The standard InChI is InChI=1S/C17H16O2/c1-3-17(4-2)15(18)13-9-11-7-5-6-8-12(11)10-14(13)16(17)19/h5-10H,3-4H2,1-2H3. The van der Waals surface area contributed by atoms with E-state index in [4.69, 9.17) is 0 Å². The van der Waals surface area contributed by atoms with Crippen molar-refractivity contribution >= 4 is 22.3 Å². The number of fused-ring (bicyclic) bond motifs is 2. The fourth-order valence-corrected chi connectivity index (χ4v) is 3.13. The Morgan fingerprint density at radius 1 is 0.842 bits per heavy atom. The molecule has 0 aliphatic heterocycles. The fourth-order valence-electron chi connectivity index (χ4n) is 3.13. The van der Waals surface area contributed by atoms with Gasteiger partial charge in [-0.15, -0.1) is 0 Å². The van der Waals surface area contributed by atoms with Gasteiger partial charge in [0.1, 0.15) is 0 Å². The molecule has 0 atom stereocenters. The van der Waals surface area contributed by atoms with E-state index in [1.54, 1.807) is 0 Å². The first-order valence-corrected chi connectivity index (χ1v) is 6.76. The summed E-state index contributed by atoms with van der Waals surface area (Å²) in [5.41, 5.74) is 0.388. The van der Waals surface area contributed by atoms with Crippen LogP contribution in [0, 0.1) is 5.41 Å². The normalized spacial score (nSPS) is 16.9. The van der Waals surface area contributed by atoms with Crippen molar-refractivity contribution in [1.29, 1.82) is 0 Å². The van der Waals surface area contributed by atoms with Crippen LogP contribution in [0.3, 0.4) is 0 Å². The molecule has 96 valence electrons. The van der Waals surface area contributed by atoms with Gasteiger partial charge in [0.15, 0.2) is 11.6 Å². The van der Waals surface area contributed by atoms with Gasteiger partial charge in [-0.1, -0.05) is 38.1 Å². The Kier molecular flexibility index (Phi) is 2.56. The van der Waals surface area contributed by atoms with Crippen molar-refractivity contribution in [1.82, 2.24) is 0 Å². The van der Waals surface area contributed by atoms with Crippen LogP contribution in [0.25, 0.3) is 10.8 Å². The predicted molar refractivity (Wildman–Crippen MR) is 75.6 cm³/mol. The first kappa shape index (κ1) is 12.1. The number of carbonyl (C=O) groups excluding carboxylic acids is 2. The maximum atomic E-state index is 12.6. The predicted octanol–water partition coefficient (Wildman–Crippen LogP) is 4.03. The van der Waals surface area contributed by atoms with Crippen LogP contribution in [0.4, 0.5) is 0 Å². The molecule has 19 heavy (non-hydrogen) atoms. The Balaban J connectivity index is 2.30. The second kappa shape index (κ2) is 4.02. The monoisotopic (exact) mass is 252 g/mol. The summed E-state index contributed by atoms with van der Waals surface area (Å²) in [4.78, 5) is 25.2. The molecule has 2 heteroatoms. The number of ketones is 2. The van der Waals surface area contributed by atoms with Crippen LogP contribution >= 0.6 is 0 Å². The molecule has 1 aliphatic carbocycles. The van der Waals surface area contributed by atoms with Gasteiger partial charge in [0, 0.05) is 11.1 Å². The number of carbonyl (C=O) groups is 2. The van der Waals surface area contributed by atoms with Gasteiger partial charge in [0.2, 0.25) is 0 Å². The van der Waals surface area contributed by atoms with E-state index in [0.717, 1.165) is 10.8 Å². The molecule has 0 saturated heterocycles. The van der Waals surface area contributed by atoms with E-state index in [-0.39, 0.29) is 11.6 Å². The highest BCUT2D eigenvalue weighted by atomic mass is 16.2. The summed E-state index contributed by atoms with van der Waals surface area (Å²) in [5.74, 6) is 0.00602. The molecule has 0 spiro atoms. The maximum absolute atomic E-state index is 12.6. The third-order valence-corrected chi connectivity index (χ3v) is 4.45. The van der Waals surface area contributed by atoms with Crippen molar-refractivity contribution in [2.45, 2.75) is 26.7 Å². The molecule has 1 aliphatic rings.